The van der Waals surface area contributed by atoms with E-state index in [0.717, 1.165) is 12.1 Å². The van der Waals surface area contributed by atoms with Crippen LogP contribution in [0.4, 0.5) is 0 Å². The lowest BCUT2D eigenvalue weighted by atomic mass is 9.81. The predicted octanol–water partition coefficient (Wildman–Crippen LogP) is 3.65. The second kappa shape index (κ2) is 6.55. The third-order valence-corrected chi connectivity index (χ3v) is 4.09. The third-order valence-electron chi connectivity index (χ3n) is 3.75. The van der Waals surface area contributed by atoms with Crippen molar-refractivity contribution in [2.75, 3.05) is 13.1 Å². The van der Waals surface area contributed by atoms with Crippen LogP contribution in [0.15, 0.2) is 24.3 Å². The van der Waals surface area contributed by atoms with Crippen LogP contribution in [-0.4, -0.2) is 18.2 Å². The molecule has 18 heavy (non-hydrogen) atoms. The number of hydrogen-bond acceptors (Lipinski definition) is 2. The standard InChI is InChI=1S/C15H24ClNO/c1-11(2)15(3,4)10-17-9-14(18)12-7-5-6-8-13(12)16/h5-8,11,14,17-18H,9-10H2,1-4H3. The predicted molar refractivity (Wildman–Crippen MR) is 77.9 cm³/mol. The fourth-order valence-corrected chi connectivity index (χ4v) is 1.85. The minimum absolute atomic E-state index is 0.222. The van der Waals surface area contributed by atoms with Crippen molar-refractivity contribution in [3.63, 3.8) is 0 Å². The van der Waals surface area contributed by atoms with Crippen molar-refractivity contribution in [3.05, 3.63) is 34.9 Å². The van der Waals surface area contributed by atoms with Crippen molar-refractivity contribution in [1.29, 1.82) is 0 Å². The second-order valence-electron chi connectivity index (χ2n) is 5.81. The van der Waals surface area contributed by atoms with Gasteiger partial charge in [0.15, 0.2) is 0 Å². The molecule has 0 spiro atoms. The number of aliphatic hydroxyl groups excluding tert-OH is 1. The van der Waals surface area contributed by atoms with Crippen LogP contribution >= 0.6 is 11.6 Å². The van der Waals surface area contributed by atoms with Crippen LogP contribution in [0, 0.1) is 11.3 Å². The Bertz CT molecular complexity index is 377. The molecule has 2 N–H and O–H groups in total. The van der Waals surface area contributed by atoms with Crippen molar-refractivity contribution in [3.8, 4) is 0 Å². The van der Waals surface area contributed by atoms with Crippen LogP contribution in [0.5, 0.6) is 0 Å². The number of rotatable bonds is 6. The summed E-state index contributed by atoms with van der Waals surface area (Å²) in [5, 5.41) is 14.0. The summed E-state index contributed by atoms with van der Waals surface area (Å²) in [6, 6.07) is 7.43. The average molecular weight is 270 g/mol. The fourth-order valence-electron chi connectivity index (χ4n) is 1.59. The van der Waals surface area contributed by atoms with Gasteiger partial charge in [0, 0.05) is 23.7 Å². The molecule has 0 aromatic heterocycles. The van der Waals surface area contributed by atoms with Crippen molar-refractivity contribution < 1.29 is 5.11 Å². The van der Waals surface area contributed by atoms with E-state index < -0.39 is 6.10 Å². The van der Waals surface area contributed by atoms with E-state index in [-0.39, 0.29) is 5.41 Å². The van der Waals surface area contributed by atoms with Gasteiger partial charge in [0.05, 0.1) is 6.10 Å². The van der Waals surface area contributed by atoms with Gasteiger partial charge in [0.25, 0.3) is 0 Å². The van der Waals surface area contributed by atoms with Gasteiger partial charge in [-0.3, -0.25) is 0 Å². The molecule has 1 aromatic rings. The highest BCUT2D eigenvalue weighted by atomic mass is 35.5. The molecule has 0 aliphatic heterocycles. The average Bonchev–Trinajstić information content (AvgIpc) is 2.29. The number of benzene rings is 1. The number of nitrogens with one attached hydrogen (secondary N) is 1. The minimum atomic E-state index is -0.554. The molecule has 1 rings (SSSR count). The van der Waals surface area contributed by atoms with Gasteiger partial charge >= 0.3 is 0 Å². The van der Waals surface area contributed by atoms with Gasteiger partial charge in [-0.25, -0.2) is 0 Å². The Morgan fingerprint density at radius 2 is 1.89 bits per heavy atom. The van der Waals surface area contributed by atoms with E-state index in [1.54, 1.807) is 6.07 Å². The highest BCUT2D eigenvalue weighted by Gasteiger charge is 2.22. The zero-order chi connectivity index (χ0) is 13.8. The monoisotopic (exact) mass is 269 g/mol. The lowest BCUT2D eigenvalue weighted by Gasteiger charge is -2.30. The summed E-state index contributed by atoms with van der Waals surface area (Å²) in [5.74, 6) is 0.599. The van der Waals surface area contributed by atoms with Gasteiger partial charge in [-0.2, -0.15) is 0 Å². The van der Waals surface area contributed by atoms with Crippen LogP contribution in [0.3, 0.4) is 0 Å². The molecule has 0 aliphatic carbocycles. The van der Waals surface area contributed by atoms with E-state index in [0.29, 0.717) is 17.5 Å². The second-order valence-corrected chi connectivity index (χ2v) is 6.22. The van der Waals surface area contributed by atoms with Crippen LogP contribution in [-0.2, 0) is 0 Å². The Labute approximate surface area is 115 Å². The highest BCUT2D eigenvalue weighted by Crippen LogP contribution is 2.25. The van der Waals surface area contributed by atoms with Crippen LogP contribution in [0.2, 0.25) is 5.02 Å². The molecule has 0 fully saturated rings. The summed E-state index contributed by atoms with van der Waals surface area (Å²) in [5.41, 5.74) is 1.01. The van der Waals surface area contributed by atoms with E-state index >= 15 is 0 Å². The molecule has 102 valence electrons. The molecule has 2 nitrogen and oxygen atoms in total. The number of aliphatic hydroxyl groups is 1. The van der Waals surface area contributed by atoms with Crippen LogP contribution in [0.25, 0.3) is 0 Å². The Morgan fingerprint density at radius 1 is 1.28 bits per heavy atom. The van der Waals surface area contributed by atoms with Crippen molar-refractivity contribution >= 4 is 11.6 Å². The molecular weight excluding hydrogens is 246 g/mol. The Balaban J connectivity index is 2.48. The Hall–Kier alpha value is -0.570. The molecule has 1 aromatic carbocycles. The van der Waals surface area contributed by atoms with Gasteiger partial charge in [-0.15, -0.1) is 0 Å². The quantitative estimate of drug-likeness (QED) is 0.826. The molecule has 0 heterocycles. The SMILES string of the molecule is CC(C)C(C)(C)CNCC(O)c1ccccc1Cl. The molecule has 1 atom stereocenters. The first-order chi connectivity index (χ1) is 8.34. The molecule has 0 saturated heterocycles. The number of halogens is 1. The van der Waals surface area contributed by atoms with Gasteiger partial charge in [0.2, 0.25) is 0 Å². The van der Waals surface area contributed by atoms with Crippen LogP contribution in [0.1, 0.15) is 39.4 Å². The first-order valence-corrected chi connectivity index (χ1v) is 6.85. The maximum atomic E-state index is 10.1. The largest absolute Gasteiger partial charge is 0.387 e. The highest BCUT2D eigenvalue weighted by molar-refractivity contribution is 6.31. The molecule has 0 radical (unpaired) electrons. The summed E-state index contributed by atoms with van der Waals surface area (Å²) >= 11 is 6.05. The summed E-state index contributed by atoms with van der Waals surface area (Å²) in [7, 11) is 0. The normalized spacial score (nSPS) is 13.9. The van der Waals surface area contributed by atoms with E-state index in [1.165, 1.54) is 0 Å². The van der Waals surface area contributed by atoms with Crippen LogP contribution < -0.4 is 5.32 Å². The fraction of sp³-hybridized carbons (Fsp3) is 0.600. The smallest absolute Gasteiger partial charge is 0.0928 e. The van der Waals surface area contributed by atoms with Crippen molar-refractivity contribution in [2.24, 2.45) is 11.3 Å². The minimum Gasteiger partial charge on any atom is -0.387 e. The molecule has 0 saturated carbocycles. The zero-order valence-corrected chi connectivity index (χ0v) is 12.5. The van der Waals surface area contributed by atoms with Gasteiger partial charge in [-0.05, 0) is 17.4 Å². The molecule has 0 amide bonds. The van der Waals surface area contributed by atoms with Crippen molar-refractivity contribution in [1.82, 2.24) is 5.32 Å². The Kier molecular flexibility index (Phi) is 5.64. The maximum absolute atomic E-state index is 10.1. The van der Waals surface area contributed by atoms with E-state index in [1.807, 2.05) is 18.2 Å². The molecule has 3 heteroatoms. The molecule has 1 unspecified atom stereocenters. The third kappa shape index (κ3) is 4.27. The molecular formula is C15H24ClNO. The lowest BCUT2D eigenvalue weighted by molar-refractivity contribution is 0.160. The van der Waals surface area contributed by atoms with Crippen molar-refractivity contribution in [2.45, 2.75) is 33.8 Å². The topological polar surface area (TPSA) is 32.3 Å². The first kappa shape index (κ1) is 15.5. The summed E-state index contributed by atoms with van der Waals surface area (Å²) in [6.07, 6.45) is -0.554. The number of hydrogen-bond donors (Lipinski definition) is 2. The van der Waals surface area contributed by atoms with E-state index in [9.17, 15) is 5.11 Å². The molecule has 0 aliphatic rings. The summed E-state index contributed by atoms with van der Waals surface area (Å²) in [4.78, 5) is 0. The van der Waals surface area contributed by atoms with Gasteiger partial charge < -0.3 is 10.4 Å². The first-order valence-electron chi connectivity index (χ1n) is 6.48. The molecule has 0 bridgehead atoms. The van der Waals surface area contributed by atoms with E-state index in [4.69, 9.17) is 11.6 Å². The Morgan fingerprint density at radius 3 is 2.44 bits per heavy atom. The van der Waals surface area contributed by atoms with E-state index in [2.05, 4.69) is 33.0 Å². The lowest BCUT2D eigenvalue weighted by Crippen LogP contribution is -2.35. The summed E-state index contributed by atoms with van der Waals surface area (Å²) in [6.45, 7) is 10.3. The maximum Gasteiger partial charge on any atom is 0.0928 e. The summed E-state index contributed by atoms with van der Waals surface area (Å²) < 4.78 is 0. The van der Waals surface area contributed by atoms with Gasteiger partial charge in [0.1, 0.15) is 0 Å². The van der Waals surface area contributed by atoms with Gasteiger partial charge in [-0.1, -0.05) is 57.5 Å². The zero-order valence-electron chi connectivity index (χ0n) is 11.7.